The van der Waals surface area contributed by atoms with Crippen LogP contribution in [0.3, 0.4) is 0 Å². The van der Waals surface area contributed by atoms with Gasteiger partial charge in [-0.15, -0.1) is 11.3 Å². The lowest BCUT2D eigenvalue weighted by Crippen LogP contribution is -2.48. The van der Waals surface area contributed by atoms with Gasteiger partial charge in [-0.1, -0.05) is 6.07 Å². The molecule has 2 aliphatic heterocycles. The number of rotatable bonds is 4. The van der Waals surface area contributed by atoms with Crippen LogP contribution in [0, 0.1) is 13.8 Å². The summed E-state index contributed by atoms with van der Waals surface area (Å²) in [7, 11) is -2.95. The first-order chi connectivity index (χ1) is 13.8. The summed E-state index contributed by atoms with van der Waals surface area (Å²) in [6.07, 6.45) is 4.15. The van der Waals surface area contributed by atoms with Crippen LogP contribution in [0.1, 0.15) is 28.7 Å². The molecule has 0 aromatic carbocycles. The van der Waals surface area contributed by atoms with E-state index in [4.69, 9.17) is 0 Å². The number of thiophene rings is 1. The minimum atomic E-state index is -2.95. The number of anilines is 1. The zero-order chi connectivity index (χ0) is 20.6. The average Bonchev–Trinajstić information content (AvgIpc) is 3.40. The number of carbonyl (C=O) groups is 1. The van der Waals surface area contributed by atoms with Crippen molar-refractivity contribution in [1.82, 2.24) is 14.7 Å². The predicted octanol–water partition coefficient (Wildman–Crippen LogP) is 2.28. The standard InChI is InChI=1S/C20H26N4O3S2/c1-15-20(16(2)24(21-15)17-7-13-29(26,27)14-17)23-10-8-22(9-11-23)19(25)6-5-18-4-3-12-28-18/h3-6,12,17H,7-11,13-14H2,1-2H3/b6-5+. The Hall–Kier alpha value is -2.13. The third-order valence-corrected chi connectivity index (χ3v) is 8.27. The number of carbonyl (C=O) groups excluding carboxylic acids is 1. The molecule has 2 aromatic rings. The van der Waals surface area contributed by atoms with Crippen molar-refractivity contribution in [3.63, 3.8) is 0 Å². The quantitative estimate of drug-likeness (QED) is 0.690. The van der Waals surface area contributed by atoms with Crippen molar-refractivity contribution in [3.8, 4) is 0 Å². The van der Waals surface area contributed by atoms with Gasteiger partial charge in [0.1, 0.15) is 0 Å². The summed E-state index contributed by atoms with van der Waals surface area (Å²) in [6.45, 7) is 6.81. The van der Waals surface area contributed by atoms with E-state index in [2.05, 4.69) is 10.00 Å². The zero-order valence-corrected chi connectivity index (χ0v) is 18.4. The number of sulfone groups is 1. The van der Waals surface area contributed by atoms with E-state index < -0.39 is 9.84 Å². The first-order valence-corrected chi connectivity index (χ1v) is 12.6. The minimum absolute atomic E-state index is 0.0401. The van der Waals surface area contributed by atoms with Crippen LogP contribution in [-0.4, -0.2) is 66.7 Å². The molecule has 1 amide bonds. The van der Waals surface area contributed by atoms with Gasteiger partial charge in [0, 0.05) is 37.1 Å². The third kappa shape index (κ3) is 4.25. The Morgan fingerprint density at radius 2 is 2.00 bits per heavy atom. The second-order valence-corrected chi connectivity index (χ2v) is 10.9. The van der Waals surface area contributed by atoms with E-state index in [1.54, 1.807) is 17.4 Å². The fraction of sp³-hybridized carbons (Fsp3) is 0.500. The van der Waals surface area contributed by atoms with Gasteiger partial charge in [0.2, 0.25) is 5.91 Å². The maximum absolute atomic E-state index is 12.5. The van der Waals surface area contributed by atoms with Crippen LogP contribution in [0.25, 0.3) is 6.08 Å². The molecule has 7 nitrogen and oxygen atoms in total. The van der Waals surface area contributed by atoms with Gasteiger partial charge in [0.05, 0.1) is 34.6 Å². The van der Waals surface area contributed by atoms with Gasteiger partial charge < -0.3 is 9.80 Å². The summed E-state index contributed by atoms with van der Waals surface area (Å²) in [4.78, 5) is 17.7. The Labute approximate surface area is 175 Å². The van der Waals surface area contributed by atoms with Crippen molar-refractivity contribution in [2.75, 3.05) is 42.6 Å². The van der Waals surface area contributed by atoms with Crippen molar-refractivity contribution >= 4 is 38.8 Å². The van der Waals surface area contributed by atoms with E-state index in [9.17, 15) is 13.2 Å². The number of nitrogens with zero attached hydrogens (tertiary/aromatic N) is 4. The van der Waals surface area contributed by atoms with Gasteiger partial charge in [0.25, 0.3) is 0 Å². The van der Waals surface area contributed by atoms with Gasteiger partial charge in [-0.3, -0.25) is 9.48 Å². The fourth-order valence-electron chi connectivity index (χ4n) is 4.23. The fourth-order valence-corrected chi connectivity index (χ4v) is 6.54. The number of hydrogen-bond donors (Lipinski definition) is 0. The van der Waals surface area contributed by atoms with E-state index >= 15 is 0 Å². The van der Waals surface area contributed by atoms with E-state index in [1.807, 2.05) is 47.0 Å². The molecule has 0 bridgehead atoms. The van der Waals surface area contributed by atoms with Crippen molar-refractivity contribution in [2.24, 2.45) is 0 Å². The third-order valence-electron chi connectivity index (χ3n) is 5.68. The molecular weight excluding hydrogens is 408 g/mol. The highest BCUT2D eigenvalue weighted by Gasteiger charge is 2.32. The summed E-state index contributed by atoms with van der Waals surface area (Å²) < 4.78 is 25.6. The first-order valence-electron chi connectivity index (χ1n) is 9.85. The van der Waals surface area contributed by atoms with E-state index in [0.717, 1.165) is 35.0 Å². The van der Waals surface area contributed by atoms with Gasteiger partial charge in [0.15, 0.2) is 9.84 Å². The number of aryl methyl sites for hydroxylation is 1. The lowest BCUT2D eigenvalue weighted by molar-refractivity contribution is -0.126. The normalized spacial score (nSPS) is 21.9. The molecule has 4 heterocycles. The van der Waals surface area contributed by atoms with Gasteiger partial charge in [-0.25, -0.2) is 8.42 Å². The Kier molecular flexibility index (Phi) is 5.52. The Morgan fingerprint density at radius 1 is 1.24 bits per heavy atom. The lowest BCUT2D eigenvalue weighted by Gasteiger charge is -2.35. The number of aromatic nitrogens is 2. The Bertz CT molecular complexity index is 1020. The highest BCUT2D eigenvalue weighted by Crippen LogP contribution is 2.31. The predicted molar refractivity (Wildman–Crippen MR) is 116 cm³/mol. The van der Waals surface area contributed by atoms with Crippen LogP contribution >= 0.6 is 11.3 Å². The summed E-state index contributed by atoms with van der Waals surface area (Å²) in [5, 5.41) is 6.66. The summed E-state index contributed by atoms with van der Waals surface area (Å²) >= 11 is 1.61. The van der Waals surface area contributed by atoms with Crippen LogP contribution in [0.15, 0.2) is 23.6 Å². The summed E-state index contributed by atoms with van der Waals surface area (Å²) in [5.41, 5.74) is 3.02. The molecule has 2 aliphatic rings. The molecule has 0 radical (unpaired) electrons. The number of hydrogen-bond acceptors (Lipinski definition) is 6. The molecule has 156 valence electrons. The molecule has 0 spiro atoms. The van der Waals surface area contributed by atoms with Crippen molar-refractivity contribution < 1.29 is 13.2 Å². The van der Waals surface area contributed by atoms with Gasteiger partial charge in [-0.05, 0) is 37.8 Å². The summed E-state index contributed by atoms with van der Waals surface area (Å²) in [5.74, 6) is 0.455. The van der Waals surface area contributed by atoms with E-state index in [1.165, 1.54) is 0 Å². The zero-order valence-electron chi connectivity index (χ0n) is 16.7. The smallest absolute Gasteiger partial charge is 0.246 e. The Balaban J connectivity index is 1.42. The molecular formula is C20H26N4O3S2. The highest BCUT2D eigenvalue weighted by molar-refractivity contribution is 7.91. The van der Waals surface area contributed by atoms with Crippen molar-refractivity contribution in [1.29, 1.82) is 0 Å². The van der Waals surface area contributed by atoms with Crippen molar-refractivity contribution in [2.45, 2.75) is 26.3 Å². The topological polar surface area (TPSA) is 75.5 Å². The second-order valence-electron chi connectivity index (χ2n) is 7.68. The molecule has 0 N–H and O–H groups in total. The number of piperazine rings is 1. The van der Waals surface area contributed by atoms with Crippen LogP contribution in [0.2, 0.25) is 0 Å². The molecule has 2 fully saturated rings. The minimum Gasteiger partial charge on any atom is -0.365 e. The molecule has 2 saturated heterocycles. The first kappa shape index (κ1) is 20.2. The maximum Gasteiger partial charge on any atom is 0.246 e. The van der Waals surface area contributed by atoms with Crippen molar-refractivity contribution in [3.05, 3.63) is 39.9 Å². The van der Waals surface area contributed by atoms with E-state index in [-0.39, 0.29) is 23.5 Å². The van der Waals surface area contributed by atoms with Crippen LogP contribution in [0.4, 0.5) is 5.69 Å². The van der Waals surface area contributed by atoms with Gasteiger partial charge in [-0.2, -0.15) is 5.10 Å². The second kappa shape index (κ2) is 7.95. The Morgan fingerprint density at radius 3 is 2.62 bits per heavy atom. The molecule has 0 aliphatic carbocycles. The SMILES string of the molecule is Cc1nn(C2CCS(=O)(=O)C2)c(C)c1N1CCN(C(=O)/C=C/c2cccs2)CC1. The van der Waals surface area contributed by atoms with E-state index in [0.29, 0.717) is 19.5 Å². The lowest BCUT2D eigenvalue weighted by atomic mass is 10.2. The van der Waals surface area contributed by atoms with Gasteiger partial charge >= 0.3 is 0 Å². The van der Waals surface area contributed by atoms with Crippen LogP contribution in [0.5, 0.6) is 0 Å². The molecule has 4 rings (SSSR count). The highest BCUT2D eigenvalue weighted by atomic mass is 32.2. The monoisotopic (exact) mass is 434 g/mol. The number of amides is 1. The van der Waals surface area contributed by atoms with Crippen LogP contribution < -0.4 is 4.90 Å². The molecule has 9 heteroatoms. The molecule has 29 heavy (non-hydrogen) atoms. The largest absolute Gasteiger partial charge is 0.365 e. The maximum atomic E-state index is 12.5. The molecule has 0 saturated carbocycles. The molecule has 1 unspecified atom stereocenters. The molecule has 2 aromatic heterocycles. The summed E-state index contributed by atoms with van der Waals surface area (Å²) in [6, 6.07) is 3.89. The average molecular weight is 435 g/mol. The molecule has 1 atom stereocenters. The van der Waals surface area contributed by atoms with Crippen LogP contribution in [-0.2, 0) is 14.6 Å².